The van der Waals surface area contributed by atoms with Gasteiger partial charge in [-0.15, -0.1) is 0 Å². The third kappa shape index (κ3) is 7.10. The summed E-state index contributed by atoms with van der Waals surface area (Å²) >= 11 is 0. The molecule has 0 aliphatic heterocycles. The Morgan fingerprint density at radius 3 is 1.11 bits per heavy atom. The molecule has 4 aromatic heterocycles. The number of hydrogen-bond donors (Lipinski definition) is 0. The number of benzene rings is 15. The van der Waals surface area contributed by atoms with E-state index in [0.717, 1.165) is 36.1 Å². The summed E-state index contributed by atoms with van der Waals surface area (Å²) in [5.41, 5.74) is -2.45. The normalized spacial score (nSPS) is 16.8. The Kier molecular flexibility index (Phi) is 6.33. The van der Waals surface area contributed by atoms with Crippen molar-refractivity contribution in [3.63, 3.8) is 0 Å². The topological polar surface area (TPSA) is 19.7 Å². The standard InChI is InChI=1S/C84H54N4Si/c1-3-25-59(26-4-1)89(60-27-5-2-6-28-60,61-29-21-23-55(51-61)85-75-40-16-11-34-66(75)67-35-12-17-41-76(67)85)62-30-22-24-56(52-62)88-81-50-48-72-65-33-8-7-31-63(65)64-32-9-10-39-71(64)83(72)84(81)73-47-45-58(54-82(73)88)87-79-44-20-15-38-70(79)74-53-57(46-49-80(74)87)86-77-42-18-13-36-68(77)69-37-14-19-43-78(69)86/h1-54H/i11D,12D,13D,14D,15D,16D,17D,18D,19D,20D,21D,22D,23D,24D,29D,30D,34D,35D,36D,37D,38D,40D,41D,42D,43D,44D,51D,52D,53D. The summed E-state index contributed by atoms with van der Waals surface area (Å²) in [6.07, 6.45) is 0. The second kappa shape index (κ2) is 19.3. The van der Waals surface area contributed by atoms with Crippen molar-refractivity contribution in [3.05, 3.63) is 327 Å². The monoisotopic (exact) mass is 1180 g/mol. The first kappa shape index (κ1) is 29.3. The van der Waals surface area contributed by atoms with Gasteiger partial charge in [-0.2, -0.15) is 0 Å². The summed E-state index contributed by atoms with van der Waals surface area (Å²) in [5.74, 6) is 0. The molecule has 0 radical (unpaired) electrons. The highest BCUT2D eigenvalue weighted by atomic mass is 28.3. The van der Waals surface area contributed by atoms with E-state index in [-0.39, 0.29) is 81.8 Å². The van der Waals surface area contributed by atoms with Crippen molar-refractivity contribution in [1.29, 1.82) is 0 Å². The van der Waals surface area contributed by atoms with E-state index in [1.807, 2.05) is 54.6 Å². The lowest BCUT2D eigenvalue weighted by Crippen LogP contribution is -2.74. The highest BCUT2D eigenvalue weighted by molar-refractivity contribution is 7.20. The average molecular weight is 1180 g/mol. The Bertz CT molecular complexity index is 7700. The molecule has 0 spiro atoms. The molecule has 19 rings (SSSR count). The first-order valence-electron chi connectivity index (χ1n) is 43.0. The van der Waals surface area contributed by atoms with E-state index in [9.17, 15) is 26.0 Å². The highest BCUT2D eigenvalue weighted by Gasteiger charge is 2.42. The number of hydrogen-bond acceptors (Lipinski definition) is 0. The second-order valence-electron chi connectivity index (χ2n) is 21.7. The minimum Gasteiger partial charge on any atom is -0.309 e. The van der Waals surface area contributed by atoms with Gasteiger partial charge in [0.25, 0.3) is 0 Å². The minimum absolute atomic E-state index is 0.0502. The van der Waals surface area contributed by atoms with E-state index >= 15 is 0 Å². The first-order chi connectivity index (χ1) is 56.3. The van der Waals surface area contributed by atoms with Gasteiger partial charge in [-0.05, 0) is 138 Å². The van der Waals surface area contributed by atoms with E-state index in [2.05, 4.69) is 0 Å². The molecule has 0 amide bonds. The zero-order valence-corrected chi connectivity index (χ0v) is 47.2. The van der Waals surface area contributed by atoms with E-state index in [0.29, 0.717) is 21.7 Å². The van der Waals surface area contributed by atoms with Gasteiger partial charge in [-0.3, -0.25) is 0 Å². The van der Waals surface area contributed by atoms with Gasteiger partial charge in [-0.1, -0.05) is 236 Å². The van der Waals surface area contributed by atoms with E-state index in [1.165, 1.54) is 16.7 Å². The van der Waals surface area contributed by atoms with Crippen LogP contribution in [0.25, 0.3) is 142 Å². The lowest BCUT2D eigenvalue weighted by atomic mass is 9.92. The SMILES string of the molecule is [2H]c1c([2H])c(-n2c3cc(-n4c5ccc(-n6c7c([2H])c([2H])c([2H])c([2H])c7c7c([2H])c([2H])c([2H])c([2H])c76)c([2H])c5c5c([2H])c([2H])c([2H])c([2H])c54)ccc3c3c4c5ccccc5c5ccccc5c4ccc32)c([2H])c([Si](c2ccccc2)(c2ccccc2)c2c([2H])c([2H])c([2H])c(-n3c4c([2H])c([2H])c([2H])c([2H])c4c4c([2H])c([2H])c([2H])c([2H])c43)c2[2H])c1[2H]. The number of nitrogens with zero attached hydrogens (tertiary/aromatic N) is 4. The molecule has 15 aromatic carbocycles. The van der Waals surface area contributed by atoms with Gasteiger partial charge in [0.15, 0.2) is 8.07 Å². The smallest absolute Gasteiger partial charge is 0.179 e. The molecule has 0 saturated carbocycles. The summed E-state index contributed by atoms with van der Waals surface area (Å²) in [6.45, 7) is 0. The van der Waals surface area contributed by atoms with Crippen molar-refractivity contribution in [2.24, 2.45) is 0 Å². The molecule has 4 heterocycles. The lowest BCUT2D eigenvalue weighted by molar-refractivity contribution is 1.15. The molecule has 414 valence electrons. The Labute approximate surface area is 554 Å². The molecule has 5 heteroatoms. The number of fused-ring (bicyclic) bond motifs is 19. The fourth-order valence-electron chi connectivity index (χ4n) is 13.7. The molecule has 4 nitrogen and oxygen atoms in total. The van der Waals surface area contributed by atoms with Crippen LogP contribution in [0.1, 0.15) is 39.8 Å². The number of aromatic nitrogens is 4. The van der Waals surface area contributed by atoms with Gasteiger partial charge in [0, 0.05) is 71.2 Å². The maximum atomic E-state index is 11.4. The van der Waals surface area contributed by atoms with Crippen molar-refractivity contribution in [1.82, 2.24) is 18.3 Å². The van der Waals surface area contributed by atoms with Crippen LogP contribution in [0.3, 0.4) is 0 Å². The van der Waals surface area contributed by atoms with Gasteiger partial charge >= 0.3 is 0 Å². The predicted octanol–water partition coefficient (Wildman–Crippen LogP) is 18.9. The molecular formula is C84H54N4Si. The van der Waals surface area contributed by atoms with Gasteiger partial charge in [0.2, 0.25) is 0 Å². The molecular weight excluding hydrogens is 1090 g/mol. The first-order valence-corrected chi connectivity index (χ1v) is 30.5. The molecule has 89 heavy (non-hydrogen) atoms. The highest BCUT2D eigenvalue weighted by Crippen LogP contribution is 2.45. The van der Waals surface area contributed by atoms with Crippen LogP contribution in [0.2, 0.25) is 0 Å². The Balaban J connectivity index is 0.978. The van der Waals surface area contributed by atoms with Crippen molar-refractivity contribution >= 4 is 148 Å². The van der Waals surface area contributed by atoms with Crippen molar-refractivity contribution < 1.29 is 39.8 Å². The molecule has 0 N–H and O–H groups in total. The van der Waals surface area contributed by atoms with Gasteiger partial charge in [0.1, 0.15) is 0 Å². The molecule has 0 bridgehead atoms. The minimum atomic E-state index is -5.22. The quantitative estimate of drug-likeness (QED) is 0.0821. The zero-order valence-electron chi connectivity index (χ0n) is 75.2. The fourth-order valence-corrected chi connectivity index (χ4v) is 17.9. The van der Waals surface area contributed by atoms with Crippen molar-refractivity contribution in [2.75, 3.05) is 0 Å². The van der Waals surface area contributed by atoms with Gasteiger partial charge in [0.05, 0.1) is 83.9 Å². The van der Waals surface area contributed by atoms with E-state index in [1.54, 1.807) is 89.5 Å². The number of rotatable bonds is 8. The van der Waals surface area contributed by atoms with Crippen LogP contribution >= 0.6 is 0 Å². The van der Waals surface area contributed by atoms with Crippen LogP contribution in [0.5, 0.6) is 0 Å². The molecule has 0 unspecified atom stereocenters. The summed E-state index contributed by atoms with van der Waals surface area (Å²) in [4.78, 5) is 0. The molecule has 0 atom stereocenters. The summed E-state index contributed by atoms with van der Waals surface area (Å²) in [6, 6.07) is 22.5. The lowest BCUT2D eigenvalue weighted by Gasteiger charge is -2.35. The maximum absolute atomic E-state index is 11.4. The van der Waals surface area contributed by atoms with Crippen LogP contribution in [0, 0.1) is 0 Å². The molecule has 0 saturated heterocycles. The third-order valence-electron chi connectivity index (χ3n) is 17.3. The molecule has 19 aromatic rings. The average Bonchev–Trinajstić information content (AvgIpc) is 1.04. The zero-order chi connectivity index (χ0) is 83.6. The Hall–Kier alpha value is -11.5. The van der Waals surface area contributed by atoms with Crippen LogP contribution in [-0.2, 0) is 0 Å². The van der Waals surface area contributed by atoms with Crippen LogP contribution in [0.15, 0.2) is 327 Å². The van der Waals surface area contributed by atoms with E-state index in [4.69, 9.17) is 13.7 Å². The largest absolute Gasteiger partial charge is 0.309 e. The Morgan fingerprint density at radius 1 is 0.213 bits per heavy atom. The summed E-state index contributed by atoms with van der Waals surface area (Å²) in [7, 11) is -5.22. The fraction of sp³-hybridized carbons (Fsp3) is 0. The third-order valence-corrected chi connectivity index (χ3v) is 21.7. The summed E-state index contributed by atoms with van der Waals surface area (Å²) < 4.78 is 284. The maximum Gasteiger partial charge on any atom is 0.179 e. The molecule has 0 fully saturated rings. The number of para-hydroxylation sites is 5. The van der Waals surface area contributed by atoms with Gasteiger partial charge < -0.3 is 18.3 Å². The van der Waals surface area contributed by atoms with Crippen molar-refractivity contribution in [3.8, 4) is 22.7 Å². The van der Waals surface area contributed by atoms with Crippen LogP contribution in [0.4, 0.5) is 0 Å². The van der Waals surface area contributed by atoms with E-state index < -0.39 is 216 Å². The second-order valence-corrected chi connectivity index (χ2v) is 25.3. The van der Waals surface area contributed by atoms with Crippen LogP contribution in [-0.4, -0.2) is 26.3 Å². The Morgan fingerprint density at radius 2 is 0.596 bits per heavy atom. The summed E-state index contributed by atoms with van der Waals surface area (Å²) in [5, 5.41) is 3.68. The van der Waals surface area contributed by atoms with Gasteiger partial charge in [-0.25, -0.2) is 0 Å². The van der Waals surface area contributed by atoms with Crippen molar-refractivity contribution in [2.45, 2.75) is 0 Å². The predicted molar refractivity (Wildman–Crippen MR) is 380 cm³/mol. The van der Waals surface area contributed by atoms with Crippen LogP contribution < -0.4 is 20.7 Å². The molecule has 0 aliphatic rings. The molecule has 0 aliphatic carbocycles.